The fraction of sp³-hybridized carbons (Fsp3) is 0.867. The lowest BCUT2D eigenvalue weighted by molar-refractivity contribution is -0.147. The van der Waals surface area contributed by atoms with E-state index < -0.39 is 23.6 Å². The molecule has 5 heteroatoms. The van der Waals surface area contributed by atoms with Crippen LogP contribution in [0.4, 0.5) is 0 Å². The average molecular weight is 489 g/mol. The molecule has 5 nitrogen and oxygen atoms in total. The number of aliphatic hydroxyl groups is 2. The number of carbonyl (C=O) groups excluding carboxylic acids is 1. The molecule has 0 radical (unpaired) electrons. The summed E-state index contributed by atoms with van der Waals surface area (Å²) in [5, 5.41) is 30.8. The molecule has 198 valence electrons. The monoisotopic (exact) mass is 488 g/mol. The summed E-state index contributed by atoms with van der Waals surface area (Å²) in [5.41, 5.74) is 1.62. The minimum absolute atomic E-state index is 0.0204. The lowest BCUT2D eigenvalue weighted by Crippen LogP contribution is -2.54. The largest absolute Gasteiger partial charge is 0.481 e. The first-order valence-electron chi connectivity index (χ1n) is 13.9. The minimum Gasteiger partial charge on any atom is -0.481 e. The van der Waals surface area contributed by atoms with Crippen LogP contribution in [0.3, 0.4) is 0 Å². The van der Waals surface area contributed by atoms with Gasteiger partial charge in [0.2, 0.25) is 0 Å². The van der Waals surface area contributed by atoms with E-state index in [1.165, 1.54) is 0 Å². The number of carboxylic acids is 1. The standard InChI is InChI=1S/C30H48O5/c1-26(2)22-10-9-21-20(28(22,5)15-14-23(26)31)13-17-29(6)19(12-16-30(21,29)7)18(25(33)34)8-11-24(32)27(3,4)35/h18-19,22,24,32,35H,8-17H2,1-7H3,(H,33,34)/t18-,19-,22+,24+,28-,29-,30+/m1/s1. The third-order valence-electron chi connectivity index (χ3n) is 11.9. The molecule has 0 spiro atoms. The van der Waals surface area contributed by atoms with Gasteiger partial charge in [-0.15, -0.1) is 0 Å². The first-order valence-corrected chi connectivity index (χ1v) is 13.9. The van der Waals surface area contributed by atoms with Gasteiger partial charge in [-0.1, -0.05) is 45.8 Å². The number of hydrogen-bond donors (Lipinski definition) is 3. The smallest absolute Gasteiger partial charge is 0.306 e. The van der Waals surface area contributed by atoms with E-state index in [4.69, 9.17) is 0 Å². The molecular weight excluding hydrogens is 440 g/mol. The highest BCUT2D eigenvalue weighted by Crippen LogP contribution is 2.72. The van der Waals surface area contributed by atoms with Gasteiger partial charge >= 0.3 is 5.97 Å². The van der Waals surface area contributed by atoms with E-state index in [-0.39, 0.29) is 27.6 Å². The number of aliphatic hydroxyl groups excluding tert-OH is 1. The summed E-state index contributed by atoms with van der Waals surface area (Å²) in [6.07, 6.45) is 7.33. The Hall–Kier alpha value is -1.20. The van der Waals surface area contributed by atoms with Gasteiger partial charge in [0.1, 0.15) is 5.78 Å². The van der Waals surface area contributed by atoms with Crippen LogP contribution in [0.5, 0.6) is 0 Å². The topological polar surface area (TPSA) is 94.8 Å². The molecule has 7 atom stereocenters. The summed E-state index contributed by atoms with van der Waals surface area (Å²) >= 11 is 0. The van der Waals surface area contributed by atoms with Crippen molar-refractivity contribution in [2.75, 3.05) is 0 Å². The van der Waals surface area contributed by atoms with E-state index in [1.54, 1.807) is 25.0 Å². The Morgan fingerprint density at radius 2 is 1.63 bits per heavy atom. The number of hydrogen-bond acceptors (Lipinski definition) is 4. The quantitative estimate of drug-likeness (QED) is 0.404. The second kappa shape index (κ2) is 8.41. The zero-order chi connectivity index (χ0) is 26.2. The van der Waals surface area contributed by atoms with Crippen molar-refractivity contribution < 1.29 is 24.9 Å². The van der Waals surface area contributed by atoms with Crippen LogP contribution in [0, 0.1) is 39.4 Å². The molecule has 0 unspecified atom stereocenters. The van der Waals surface area contributed by atoms with Crippen molar-refractivity contribution in [2.24, 2.45) is 39.4 Å². The minimum atomic E-state index is -1.23. The maximum Gasteiger partial charge on any atom is 0.306 e. The summed E-state index contributed by atoms with van der Waals surface area (Å²) in [5.74, 6) is -0.432. The molecule has 2 saturated carbocycles. The summed E-state index contributed by atoms with van der Waals surface area (Å²) in [4.78, 5) is 25.3. The number of carbonyl (C=O) groups is 2. The van der Waals surface area contributed by atoms with E-state index in [1.807, 2.05) is 0 Å². The van der Waals surface area contributed by atoms with Crippen LogP contribution in [0.25, 0.3) is 0 Å². The number of aliphatic carboxylic acids is 1. The molecule has 0 bridgehead atoms. The zero-order valence-corrected chi connectivity index (χ0v) is 23.0. The van der Waals surface area contributed by atoms with E-state index in [9.17, 15) is 24.9 Å². The molecular formula is C30H48O5. The fourth-order valence-corrected chi connectivity index (χ4v) is 9.36. The Morgan fingerprint density at radius 3 is 2.23 bits per heavy atom. The highest BCUT2D eigenvalue weighted by atomic mass is 16.4. The molecule has 4 aliphatic carbocycles. The van der Waals surface area contributed by atoms with Gasteiger partial charge in [-0.25, -0.2) is 0 Å². The highest BCUT2D eigenvalue weighted by molar-refractivity contribution is 5.85. The Labute approximate surface area is 211 Å². The van der Waals surface area contributed by atoms with E-state index in [0.717, 1.165) is 44.9 Å². The third-order valence-corrected chi connectivity index (χ3v) is 11.9. The number of fused-ring (bicyclic) bond motifs is 4. The lowest BCUT2D eigenvalue weighted by Gasteiger charge is -2.60. The van der Waals surface area contributed by atoms with E-state index in [0.29, 0.717) is 31.0 Å². The first-order chi connectivity index (χ1) is 16.0. The van der Waals surface area contributed by atoms with Crippen molar-refractivity contribution in [3.05, 3.63) is 11.1 Å². The summed E-state index contributed by atoms with van der Waals surface area (Å²) in [7, 11) is 0. The van der Waals surface area contributed by atoms with Gasteiger partial charge in [-0.2, -0.15) is 0 Å². The van der Waals surface area contributed by atoms with Crippen molar-refractivity contribution in [1.82, 2.24) is 0 Å². The fourth-order valence-electron chi connectivity index (χ4n) is 9.36. The molecule has 0 heterocycles. The second-order valence-corrected chi connectivity index (χ2v) is 14.2. The Kier molecular flexibility index (Phi) is 6.45. The number of allylic oxidation sites excluding steroid dienone is 2. The molecule has 2 fully saturated rings. The molecule has 4 aliphatic rings. The van der Waals surface area contributed by atoms with Crippen molar-refractivity contribution in [3.8, 4) is 0 Å². The van der Waals surface area contributed by atoms with Gasteiger partial charge in [0, 0.05) is 11.8 Å². The lowest BCUT2D eigenvalue weighted by atomic mass is 9.43. The van der Waals surface area contributed by atoms with Gasteiger partial charge in [-0.05, 0) is 99.7 Å². The second-order valence-electron chi connectivity index (χ2n) is 14.2. The van der Waals surface area contributed by atoms with Crippen LogP contribution in [0.1, 0.15) is 113 Å². The zero-order valence-electron chi connectivity index (χ0n) is 23.0. The molecule has 0 aromatic heterocycles. The van der Waals surface area contributed by atoms with Gasteiger partial charge in [0.15, 0.2) is 0 Å². The first kappa shape index (κ1) is 26.9. The molecule has 35 heavy (non-hydrogen) atoms. The molecule has 0 aliphatic heterocycles. The predicted octanol–water partition coefficient (Wildman–Crippen LogP) is 5.92. The van der Waals surface area contributed by atoms with Crippen LogP contribution in [-0.2, 0) is 9.59 Å². The maximum absolute atomic E-state index is 12.8. The number of rotatable bonds is 6. The van der Waals surface area contributed by atoms with Crippen LogP contribution in [0.2, 0.25) is 0 Å². The van der Waals surface area contributed by atoms with Crippen LogP contribution < -0.4 is 0 Å². The SMILES string of the molecule is CC(C)(O)[C@@H](O)CC[C@@H](C(=O)O)[C@H]1CC[C@@]2(C)C3=C(CC[C@]12C)[C@@]1(C)CCC(=O)C(C)(C)[C@@H]1CC3. The highest BCUT2D eigenvalue weighted by Gasteiger charge is 2.64. The van der Waals surface area contributed by atoms with Gasteiger partial charge in [0.25, 0.3) is 0 Å². The Morgan fingerprint density at radius 1 is 0.971 bits per heavy atom. The van der Waals surface area contributed by atoms with Crippen LogP contribution in [0.15, 0.2) is 11.1 Å². The summed E-state index contributed by atoms with van der Waals surface area (Å²) in [6.45, 7) is 14.6. The molecule has 0 saturated heterocycles. The van der Waals surface area contributed by atoms with Crippen molar-refractivity contribution in [3.63, 3.8) is 0 Å². The molecule has 0 aromatic carbocycles. The van der Waals surface area contributed by atoms with Gasteiger partial charge in [-0.3, -0.25) is 9.59 Å². The van der Waals surface area contributed by atoms with Gasteiger partial charge in [0.05, 0.1) is 17.6 Å². The predicted molar refractivity (Wildman–Crippen MR) is 137 cm³/mol. The van der Waals surface area contributed by atoms with Crippen molar-refractivity contribution >= 4 is 11.8 Å². The number of ketones is 1. The summed E-state index contributed by atoms with van der Waals surface area (Å²) in [6, 6.07) is 0. The van der Waals surface area contributed by atoms with Crippen molar-refractivity contribution in [2.45, 2.75) is 124 Å². The Balaban J connectivity index is 1.66. The summed E-state index contributed by atoms with van der Waals surface area (Å²) < 4.78 is 0. The third kappa shape index (κ3) is 3.86. The van der Waals surface area contributed by atoms with Crippen molar-refractivity contribution in [1.29, 1.82) is 0 Å². The van der Waals surface area contributed by atoms with Gasteiger partial charge < -0.3 is 15.3 Å². The molecule has 4 rings (SSSR count). The number of carboxylic acid groups (broad SMARTS) is 1. The average Bonchev–Trinajstić information content (AvgIpc) is 3.02. The normalized spacial score (nSPS) is 40.5. The van der Waals surface area contributed by atoms with Crippen LogP contribution >= 0.6 is 0 Å². The molecule has 0 aromatic rings. The number of Topliss-reactive ketones (excluding diaryl/α,β-unsaturated/α-hetero) is 1. The molecule has 3 N–H and O–H groups in total. The Bertz CT molecular complexity index is 926. The maximum atomic E-state index is 12.8. The van der Waals surface area contributed by atoms with E-state index >= 15 is 0 Å². The van der Waals surface area contributed by atoms with Crippen LogP contribution in [-0.4, -0.2) is 38.8 Å². The van der Waals surface area contributed by atoms with E-state index in [2.05, 4.69) is 34.6 Å². The molecule has 0 amide bonds.